The van der Waals surface area contributed by atoms with Gasteiger partial charge in [-0.2, -0.15) is 0 Å². The number of nitrogens with zero attached hydrogens (tertiary/aromatic N) is 1. The zero-order valence-corrected chi connectivity index (χ0v) is 12.0. The van der Waals surface area contributed by atoms with Crippen molar-refractivity contribution in [3.05, 3.63) is 45.5 Å². The van der Waals surface area contributed by atoms with Gasteiger partial charge in [-0.05, 0) is 52.7 Å². The molecule has 18 heavy (non-hydrogen) atoms. The summed E-state index contributed by atoms with van der Waals surface area (Å²) in [6, 6.07) is 8.98. The first-order valence-corrected chi connectivity index (χ1v) is 6.60. The number of carboxylic acids is 1. The van der Waals surface area contributed by atoms with Gasteiger partial charge < -0.3 is 9.67 Å². The highest BCUT2D eigenvalue weighted by Gasteiger charge is 2.14. The maximum absolute atomic E-state index is 11.1. The molecule has 1 heterocycles. The number of aromatic carboxylic acids is 1. The summed E-state index contributed by atoms with van der Waals surface area (Å²) in [5.74, 6) is -0.925. The number of carbonyl (C=O) groups is 1. The summed E-state index contributed by atoms with van der Waals surface area (Å²) >= 11 is 9.39. The number of carboxylic acid groups (broad SMARTS) is 1. The van der Waals surface area contributed by atoms with Crippen LogP contribution in [0.2, 0.25) is 5.02 Å². The lowest BCUT2D eigenvalue weighted by Crippen LogP contribution is -2.08. The van der Waals surface area contributed by atoms with Crippen LogP contribution in [-0.4, -0.2) is 15.6 Å². The van der Waals surface area contributed by atoms with Gasteiger partial charge in [-0.15, -0.1) is 0 Å². The molecule has 0 aliphatic rings. The van der Waals surface area contributed by atoms with Crippen LogP contribution in [0.5, 0.6) is 0 Å². The number of benzene rings is 1. The van der Waals surface area contributed by atoms with Gasteiger partial charge in [0, 0.05) is 16.7 Å². The molecule has 1 aromatic carbocycles. The van der Waals surface area contributed by atoms with E-state index in [1.54, 1.807) is 16.7 Å². The van der Waals surface area contributed by atoms with Gasteiger partial charge in [-0.1, -0.05) is 17.7 Å². The predicted octanol–water partition coefficient (Wildman–Crippen LogP) is 4.29. The van der Waals surface area contributed by atoms with Gasteiger partial charge in [0.25, 0.3) is 0 Å². The first-order valence-electron chi connectivity index (χ1n) is 5.42. The molecule has 0 bridgehead atoms. The Labute approximate surface area is 118 Å². The summed E-state index contributed by atoms with van der Waals surface area (Å²) < 4.78 is 2.57. The van der Waals surface area contributed by atoms with E-state index in [0.29, 0.717) is 11.6 Å². The van der Waals surface area contributed by atoms with Crippen LogP contribution in [0.4, 0.5) is 0 Å². The molecule has 0 saturated carbocycles. The van der Waals surface area contributed by atoms with Crippen molar-refractivity contribution in [3.63, 3.8) is 0 Å². The molecule has 0 fully saturated rings. The van der Waals surface area contributed by atoms with Crippen molar-refractivity contribution in [1.82, 2.24) is 4.57 Å². The fourth-order valence-electron chi connectivity index (χ4n) is 1.90. The Morgan fingerprint density at radius 3 is 2.67 bits per heavy atom. The second kappa shape index (κ2) is 5.16. The number of hydrogen-bond donors (Lipinski definition) is 1. The second-order valence-corrected chi connectivity index (χ2v) is 5.04. The standard InChI is InChI=1S/C13H11BrClNO2/c1-2-16-11(5-6-12(16)13(17)18)8-3-4-9(14)10(15)7-8/h3-7H,2H2,1H3,(H,17,18). The van der Waals surface area contributed by atoms with E-state index in [2.05, 4.69) is 15.9 Å². The fraction of sp³-hybridized carbons (Fsp3) is 0.154. The van der Waals surface area contributed by atoms with Crippen molar-refractivity contribution in [3.8, 4) is 11.3 Å². The van der Waals surface area contributed by atoms with Gasteiger partial charge in [-0.25, -0.2) is 4.79 Å². The molecule has 2 aromatic rings. The Kier molecular flexibility index (Phi) is 3.78. The summed E-state index contributed by atoms with van der Waals surface area (Å²) in [6.07, 6.45) is 0. The van der Waals surface area contributed by atoms with Gasteiger partial charge >= 0.3 is 5.97 Å². The minimum atomic E-state index is -0.925. The molecule has 0 atom stereocenters. The lowest BCUT2D eigenvalue weighted by molar-refractivity contribution is 0.0685. The molecular formula is C13H11BrClNO2. The highest BCUT2D eigenvalue weighted by Crippen LogP contribution is 2.30. The summed E-state index contributed by atoms with van der Waals surface area (Å²) in [5, 5.41) is 9.71. The molecule has 0 aliphatic heterocycles. The number of halogens is 2. The molecule has 5 heteroatoms. The van der Waals surface area contributed by atoms with E-state index in [1.165, 1.54) is 0 Å². The van der Waals surface area contributed by atoms with E-state index < -0.39 is 5.97 Å². The zero-order chi connectivity index (χ0) is 13.3. The molecule has 94 valence electrons. The summed E-state index contributed by atoms with van der Waals surface area (Å²) in [6.45, 7) is 2.51. The quantitative estimate of drug-likeness (QED) is 0.913. The highest BCUT2D eigenvalue weighted by molar-refractivity contribution is 9.10. The van der Waals surface area contributed by atoms with E-state index >= 15 is 0 Å². The van der Waals surface area contributed by atoms with Crippen LogP contribution in [-0.2, 0) is 6.54 Å². The van der Waals surface area contributed by atoms with Crippen molar-refractivity contribution < 1.29 is 9.90 Å². The van der Waals surface area contributed by atoms with Gasteiger partial charge in [0.15, 0.2) is 0 Å². The van der Waals surface area contributed by atoms with Gasteiger partial charge in [0.1, 0.15) is 5.69 Å². The maximum Gasteiger partial charge on any atom is 0.352 e. The predicted molar refractivity (Wildman–Crippen MR) is 75.2 cm³/mol. The smallest absolute Gasteiger partial charge is 0.352 e. The minimum Gasteiger partial charge on any atom is -0.477 e. The maximum atomic E-state index is 11.1. The molecule has 0 radical (unpaired) electrons. The van der Waals surface area contributed by atoms with E-state index in [0.717, 1.165) is 15.7 Å². The highest BCUT2D eigenvalue weighted by atomic mass is 79.9. The summed E-state index contributed by atoms with van der Waals surface area (Å²) in [7, 11) is 0. The van der Waals surface area contributed by atoms with E-state index in [1.807, 2.05) is 25.1 Å². The van der Waals surface area contributed by atoms with Gasteiger partial charge in [0.05, 0.1) is 5.02 Å². The Hall–Kier alpha value is -1.26. The van der Waals surface area contributed by atoms with E-state index in [4.69, 9.17) is 16.7 Å². The monoisotopic (exact) mass is 327 g/mol. The number of aromatic nitrogens is 1. The van der Waals surface area contributed by atoms with Crippen molar-refractivity contribution in [1.29, 1.82) is 0 Å². The average molecular weight is 329 g/mol. The third kappa shape index (κ3) is 2.31. The summed E-state index contributed by atoms with van der Waals surface area (Å²) in [5.41, 5.74) is 2.04. The molecular weight excluding hydrogens is 318 g/mol. The summed E-state index contributed by atoms with van der Waals surface area (Å²) in [4.78, 5) is 11.1. The van der Waals surface area contributed by atoms with Crippen LogP contribution >= 0.6 is 27.5 Å². The van der Waals surface area contributed by atoms with E-state index in [9.17, 15) is 4.79 Å². The van der Waals surface area contributed by atoms with Crippen LogP contribution in [0.25, 0.3) is 11.3 Å². The lowest BCUT2D eigenvalue weighted by Gasteiger charge is -2.09. The van der Waals surface area contributed by atoms with Gasteiger partial charge in [0.2, 0.25) is 0 Å². The fourth-order valence-corrected chi connectivity index (χ4v) is 2.33. The molecule has 0 saturated heterocycles. The molecule has 0 aliphatic carbocycles. The van der Waals surface area contributed by atoms with Gasteiger partial charge in [-0.3, -0.25) is 0 Å². The van der Waals surface area contributed by atoms with Crippen molar-refractivity contribution in [2.24, 2.45) is 0 Å². The first-order chi connectivity index (χ1) is 8.54. The lowest BCUT2D eigenvalue weighted by atomic mass is 10.1. The van der Waals surface area contributed by atoms with Crippen LogP contribution in [0.15, 0.2) is 34.8 Å². The Morgan fingerprint density at radius 1 is 1.39 bits per heavy atom. The van der Waals surface area contributed by atoms with Crippen LogP contribution in [0.3, 0.4) is 0 Å². The third-order valence-electron chi connectivity index (χ3n) is 2.73. The Bertz CT molecular complexity index is 607. The molecule has 1 aromatic heterocycles. The molecule has 0 spiro atoms. The number of hydrogen-bond acceptors (Lipinski definition) is 1. The second-order valence-electron chi connectivity index (χ2n) is 3.78. The van der Waals surface area contributed by atoms with Crippen LogP contribution < -0.4 is 0 Å². The number of rotatable bonds is 3. The average Bonchev–Trinajstić information content (AvgIpc) is 2.76. The van der Waals surface area contributed by atoms with E-state index in [-0.39, 0.29) is 5.69 Å². The third-order valence-corrected chi connectivity index (χ3v) is 3.96. The SMILES string of the molecule is CCn1c(C(=O)O)ccc1-c1ccc(Br)c(Cl)c1. The minimum absolute atomic E-state index is 0.284. The molecule has 0 amide bonds. The molecule has 1 N–H and O–H groups in total. The van der Waals surface area contributed by atoms with Crippen molar-refractivity contribution in [2.75, 3.05) is 0 Å². The largest absolute Gasteiger partial charge is 0.477 e. The normalized spacial score (nSPS) is 10.6. The zero-order valence-electron chi connectivity index (χ0n) is 9.65. The first kappa shape index (κ1) is 13.2. The Balaban J connectivity index is 2.57. The Morgan fingerprint density at radius 2 is 2.11 bits per heavy atom. The van der Waals surface area contributed by atoms with Crippen LogP contribution in [0, 0.1) is 0 Å². The topological polar surface area (TPSA) is 42.2 Å². The van der Waals surface area contributed by atoms with Crippen molar-refractivity contribution >= 4 is 33.5 Å². The van der Waals surface area contributed by atoms with Crippen LogP contribution in [0.1, 0.15) is 17.4 Å². The van der Waals surface area contributed by atoms with Crippen molar-refractivity contribution in [2.45, 2.75) is 13.5 Å². The molecule has 3 nitrogen and oxygen atoms in total. The molecule has 2 rings (SSSR count). The molecule has 0 unspecified atom stereocenters.